The van der Waals surface area contributed by atoms with Crippen molar-refractivity contribution in [3.63, 3.8) is 0 Å². The molecular formula is C12H14ClNO. The van der Waals surface area contributed by atoms with Crippen molar-refractivity contribution in [1.82, 2.24) is 0 Å². The summed E-state index contributed by atoms with van der Waals surface area (Å²) in [5.74, 6) is 0.129. The Morgan fingerprint density at radius 1 is 1.33 bits per heavy atom. The smallest absolute Gasteiger partial charge is 0.134 e. The Labute approximate surface area is 94.6 Å². The summed E-state index contributed by atoms with van der Waals surface area (Å²) in [6.07, 6.45) is 2.14. The summed E-state index contributed by atoms with van der Waals surface area (Å²) in [4.78, 5) is 0. The molecule has 1 aliphatic heterocycles. The van der Waals surface area contributed by atoms with Gasteiger partial charge in [-0.05, 0) is 38.5 Å². The van der Waals surface area contributed by atoms with E-state index >= 15 is 0 Å². The van der Waals surface area contributed by atoms with Crippen molar-refractivity contribution in [1.29, 1.82) is 0 Å². The number of hydrogen-bond acceptors (Lipinski definition) is 2. The lowest BCUT2D eigenvalue weighted by atomic mass is 9.91. The number of phenolic OH excluding ortho intramolecular Hbond substituents is 1. The van der Waals surface area contributed by atoms with Crippen LogP contribution in [0.3, 0.4) is 0 Å². The number of phenols is 1. The van der Waals surface area contributed by atoms with Gasteiger partial charge in [0.2, 0.25) is 0 Å². The molecule has 0 aliphatic carbocycles. The van der Waals surface area contributed by atoms with Crippen molar-refractivity contribution in [3.05, 3.63) is 28.8 Å². The molecule has 2 N–H and O–H groups in total. The van der Waals surface area contributed by atoms with Crippen molar-refractivity contribution in [3.8, 4) is 5.75 Å². The van der Waals surface area contributed by atoms with E-state index in [0.29, 0.717) is 5.02 Å². The Morgan fingerprint density at radius 3 is 2.67 bits per heavy atom. The minimum absolute atomic E-state index is 0.0720. The lowest BCUT2D eigenvalue weighted by Crippen LogP contribution is -2.31. The monoisotopic (exact) mass is 223 g/mol. The number of rotatable bonds is 0. The summed E-state index contributed by atoms with van der Waals surface area (Å²) >= 11 is 5.88. The quantitative estimate of drug-likeness (QED) is 0.658. The maximum atomic E-state index is 9.54. The summed E-state index contributed by atoms with van der Waals surface area (Å²) in [5, 5.41) is 13.3. The molecule has 0 amide bonds. The first kappa shape index (κ1) is 10.4. The molecule has 2 nitrogen and oxygen atoms in total. The predicted octanol–water partition coefficient (Wildman–Crippen LogP) is 3.65. The Kier molecular flexibility index (Phi) is 2.19. The zero-order chi connectivity index (χ0) is 11.2. The van der Waals surface area contributed by atoms with Gasteiger partial charge in [-0.3, -0.25) is 0 Å². The third kappa shape index (κ3) is 1.82. The van der Waals surface area contributed by atoms with E-state index < -0.39 is 0 Å². The summed E-state index contributed by atoms with van der Waals surface area (Å²) in [6.45, 7) is 6.23. The predicted molar refractivity (Wildman–Crippen MR) is 64.5 cm³/mol. The van der Waals surface area contributed by atoms with Crippen LogP contribution in [0, 0.1) is 0 Å². The van der Waals surface area contributed by atoms with Crippen LogP contribution in [0.5, 0.6) is 5.75 Å². The van der Waals surface area contributed by atoms with E-state index in [2.05, 4.69) is 25.2 Å². The first-order valence-electron chi connectivity index (χ1n) is 4.89. The van der Waals surface area contributed by atoms with Crippen molar-refractivity contribution in [2.75, 3.05) is 5.32 Å². The minimum atomic E-state index is -0.0720. The summed E-state index contributed by atoms with van der Waals surface area (Å²) in [5.41, 5.74) is 3.07. The van der Waals surface area contributed by atoms with Crippen LogP contribution in [0.1, 0.15) is 26.3 Å². The molecule has 0 atom stereocenters. The molecule has 0 bridgehead atoms. The van der Waals surface area contributed by atoms with Crippen LogP contribution in [0.15, 0.2) is 18.2 Å². The number of fused-ring (bicyclic) bond motifs is 1. The topological polar surface area (TPSA) is 32.3 Å². The van der Waals surface area contributed by atoms with Gasteiger partial charge in [-0.2, -0.15) is 0 Å². The second-order valence-electron chi connectivity index (χ2n) is 4.52. The van der Waals surface area contributed by atoms with E-state index in [1.54, 1.807) is 12.1 Å². The summed E-state index contributed by atoms with van der Waals surface area (Å²) < 4.78 is 0. The number of halogens is 1. The first-order chi connectivity index (χ1) is 6.89. The molecule has 1 aliphatic rings. The molecule has 1 aromatic rings. The van der Waals surface area contributed by atoms with Crippen LogP contribution < -0.4 is 5.32 Å². The fraction of sp³-hybridized carbons (Fsp3) is 0.333. The van der Waals surface area contributed by atoms with Gasteiger partial charge in [0.1, 0.15) is 5.75 Å². The van der Waals surface area contributed by atoms with Crippen molar-refractivity contribution in [2.24, 2.45) is 0 Å². The van der Waals surface area contributed by atoms with E-state index in [9.17, 15) is 5.11 Å². The van der Waals surface area contributed by atoms with E-state index in [1.165, 1.54) is 0 Å². The van der Waals surface area contributed by atoms with Gasteiger partial charge in [0.05, 0.1) is 10.6 Å². The maximum absolute atomic E-state index is 9.54. The van der Waals surface area contributed by atoms with E-state index in [4.69, 9.17) is 11.6 Å². The van der Waals surface area contributed by atoms with E-state index in [-0.39, 0.29) is 11.3 Å². The van der Waals surface area contributed by atoms with Gasteiger partial charge in [0, 0.05) is 11.3 Å². The molecule has 80 valence electrons. The molecule has 0 unspecified atom stereocenters. The highest BCUT2D eigenvalue weighted by Gasteiger charge is 2.23. The van der Waals surface area contributed by atoms with Crippen molar-refractivity contribution >= 4 is 22.9 Å². The lowest BCUT2D eigenvalue weighted by Gasteiger charge is -2.31. The van der Waals surface area contributed by atoms with Crippen molar-refractivity contribution < 1.29 is 5.11 Å². The van der Waals surface area contributed by atoms with Gasteiger partial charge in [-0.1, -0.05) is 17.7 Å². The molecule has 0 saturated carbocycles. The SMILES string of the molecule is CC1=CC(C)(C)Nc2cc(Cl)c(O)cc21. The Balaban J connectivity index is 2.61. The summed E-state index contributed by atoms with van der Waals surface area (Å²) in [7, 11) is 0. The Bertz CT molecular complexity index is 449. The second-order valence-corrected chi connectivity index (χ2v) is 4.93. The molecule has 0 saturated heterocycles. The summed E-state index contributed by atoms with van der Waals surface area (Å²) in [6, 6.07) is 3.47. The average molecular weight is 224 g/mol. The molecule has 15 heavy (non-hydrogen) atoms. The van der Waals surface area contributed by atoms with Gasteiger partial charge >= 0.3 is 0 Å². The zero-order valence-corrected chi connectivity index (χ0v) is 9.81. The van der Waals surface area contributed by atoms with Crippen LogP contribution in [-0.2, 0) is 0 Å². The minimum Gasteiger partial charge on any atom is -0.506 e. The first-order valence-corrected chi connectivity index (χ1v) is 5.27. The highest BCUT2D eigenvalue weighted by Crippen LogP contribution is 2.38. The maximum Gasteiger partial charge on any atom is 0.134 e. The molecule has 2 rings (SSSR count). The third-order valence-electron chi connectivity index (χ3n) is 2.55. The van der Waals surface area contributed by atoms with Crippen LogP contribution >= 0.6 is 11.6 Å². The standard InChI is InChI=1S/C12H14ClNO/c1-7-6-12(2,3)14-10-5-9(13)11(15)4-8(7)10/h4-6,14-15H,1-3H3. The van der Waals surface area contributed by atoms with Gasteiger partial charge in [-0.15, -0.1) is 0 Å². The molecule has 0 aromatic heterocycles. The molecule has 3 heteroatoms. The highest BCUT2D eigenvalue weighted by molar-refractivity contribution is 6.32. The lowest BCUT2D eigenvalue weighted by molar-refractivity contribution is 0.475. The average Bonchev–Trinajstić information content (AvgIpc) is 2.07. The van der Waals surface area contributed by atoms with Crippen LogP contribution in [-0.4, -0.2) is 10.6 Å². The largest absolute Gasteiger partial charge is 0.506 e. The number of nitrogens with one attached hydrogen (secondary N) is 1. The van der Waals surface area contributed by atoms with Crippen LogP contribution in [0.25, 0.3) is 5.57 Å². The van der Waals surface area contributed by atoms with Crippen LogP contribution in [0.2, 0.25) is 5.02 Å². The van der Waals surface area contributed by atoms with E-state index in [1.807, 2.05) is 6.92 Å². The fourth-order valence-corrected chi connectivity index (χ4v) is 2.16. The third-order valence-corrected chi connectivity index (χ3v) is 2.85. The molecule has 1 heterocycles. The highest BCUT2D eigenvalue weighted by atomic mass is 35.5. The number of aromatic hydroxyl groups is 1. The van der Waals surface area contributed by atoms with Gasteiger partial charge in [0.25, 0.3) is 0 Å². The number of benzene rings is 1. The Hall–Kier alpha value is -1.15. The second kappa shape index (κ2) is 3.17. The fourth-order valence-electron chi connectivity index (χ4n) is 1.99. The molecule has 0 fully saturated rings. The van der Waals surface area contributed by atoms with Crippen molar-refractivity contribution in [2.45, 2.75) is 26.3 Å². The molecule has 0 spiro atoms. The van der Waals surface area contributed by atoms with Gasteiger partial charge in [0.15, 0.2) is 0 Å². The normalized spacial score (nSPS) is 17.7. The van der Waals surface area contributed by atoms with Crippen LogP contribution in [0.4, 0.5) is 5.69 Å². The number of allylic oxidation sites excluding steroid dienone is 1. The Morgan fingerprint density at radius 2 is 2.00 bits per heavy atom. The van der Waals surface area contributed by atoms with Gasteiger partial charge in [-0.25, -0.2) is 0 Å². The molecular weight excluding hydrogens is 210 g/mol. The molecule has 0 radical (unpaired) electrons. The number of anilines is 1. The zero-order valence-electron chi connectivity index (χ0n) is 9.06. The van der Waals surface area contributed by atoms with E-state index in [0.717, 1.165) is 16.8 Å². The van der Waals surface area contributed by atoms with Gasteiger partial charge < -0.3 is 10.4 Å². The molecule has 1 aromatic carbocycles. The number of hydrogen-bond donors (Lipinski definition) is 2.